The maximum Gasteiger partial charge on any atom is 0.145 e. The quantitative estimate of drug-likeness (QED) is 0.528. The van der Waals surface area contributed by atoms with Crippen molar-refractivity contribution in [2.24, 2.45) is 5.41 Å². The van der Waals surface area contributed by atoms with Crippen LogP contribution in [-0.4, -0.2) is 6.29 Å². The standard InChI is InChI=1S/C10H16O/c1-8-6-10(2,3)5-4-9(8)7-11/h7H,4-6H2,1-3H3. The van der Waals surface area contributed by atoms with Gasteiger partial charge in [-0.2, -0.15) is 0 Å². The van der Waals surface area contributed by atoms with Crippen LogP contribution in [0.5, 0.6) is 0 Å². The first-order valence-electron chi connectivity index (χ1n) is 4.19. The Morgan fingerprint density at radius 2 is 2.09 bits per heavy atom. The lowest BCUT2D eigenvalue weighted by atomic mass is 9.75. The molecule has 11 heavy (non-hydrogen) atoms. The minimum Gasteiger partial charge on any atom is -0.298 e. The number of carbonyl (C=O) groups is 1. The second-order valence-corrected chi connectivity index (χ2v) is 4.26. The predicted octanol–water partition coefficient (Wildman–Crippen LogP) is 2.71. The molecule has 0 radical (unpaired) electrons. The van der Waals surface area contributed by atoms with Crippen LogP contribution in [0.2, 0.25) is 0 Å². The van der Waals surface area contributed by atoms with Gasteiger partial charge in [0.05, 0.1) is 0 Å². The van der Waals surface area contributed by atoms with Crippen molar-refractivity contribution >= 4 is 6.29 Å². The van der Waals surface area contributed by atoms with Gasteiger partial charge in [-0.25, -0.2) is 0 Å². The molecule has 0 aliphatic heterocycles. The second-order valence-electron chi connectivity index (χ2n) is 4.26. The molecule has 0 saturated carbocycles. The Balaban J connectivity index is 2.79. The zero-order valence-corrected chi connectivity index (χ0v) is 7.61. The second kappa shape index (κ2) is 2.80. The van der Waals surface area contributed by atoms with E-state index in [9.17, 15) is 4.79 Å². The molecule has 62 valence electrons. The predicted molar refractivity (Wildman–Crippen MR) is 46.4 cm³/mol. The lowest BCUT2D eigenvalue weighted by molar-refractivity contribution is -0.105. The Kier molecular flexibility index (Phi) is 2.17. The largest absolute Gasteiger partial charge is 0.298 e. The van der Waals surface area contributed by atoms with Crippen LogP contribution in [0.3, 0.4) is 0 Å². The van der Waals surface area contributed by atoms with E-state index in [1.807, 2.05) is 0 Å². The first kappa shape index (κ1) is 8.51. The van der Waals surface area contributed by atoms with E-state index in [1.165, 1.54) is 5.57 Å². The van der Waals surface area contributed by atoms with Crippen molar-refractivity contribution in [1.82, 2.24) is 0 Å². The zero-order chi connectivity index (χ0) is 8.48. The lowest BCUT2D eigenvalue weighted by Crippen LogP contribution is -2.17. The summed E-state index contributed by atoms with van der Waals surface area (Å²) in [4.78, 5) is 10.5. The highest BCUT2D eigenvalue weighted by atomic mass is 16.1. The number of allylic oxidation sites excluding steroid dienone is 2. The highest BCUT2D eigenvalue weighted by Crippen LogP contribution is 2.37. The van der Waals surface area contributed by atoms with E-state index in [4.69, 9.17) is 0 Å². The van der Waals surface area contributed by atoms with Gasteiger partial charge in [-0.1, -0.05) is 19.4 Å². The van der Waals surface area contributed by atoms with Gasteiger partial charge in [-0.15, -0.1) is 0 Å². The average Bonchev–Trinajstić information content (AvgIpc) is 1.86. The molecule has 0 aromatic rings. The van der Waals surface area contributed by atoms with Crippen molar-refractivity contribution in [2.45, 2.75) is 40.0 Å². The fraction of sp³-hybridized carbons (Fsp3) is 0.700. The van der Waals surface area contributed by atoms with Gasteiger partial charge in [0.1, 0.15) is 6.29 Å². The van der Waals surface area contributed by atoms with Gasteiger partial charge < -0.3 is 0 Å². The molecule has 0 saturated heterocycles. The SMILES string of the molecule is CC1=C(C=O)CCC(C)(C)C1. The van der Waals surface area contributed by atoms with Crippen molar-refractivity contribution in [3.05, 3.63) is 11.1 Å². The summed E-state index contributed by atoms with van der Waals surface area (Å²) in [7, 11) is 0. The van der Waals surface area contributed by atoms with E-state index in [0.29, 0.717) is 5.41 Å². The number of carbonyl (C=O) groups excluding carboxylic acids is 1. The maximum absolute atomic E-state index is 10.5. The van der Waals surface area contributed by atoms with Crippen LogP contribution in [0.1, 0.15) is 40.0 Å². The van der Waals surface area contributed by atoms with Crippen LogP contribution in [0.4, 0.5) is 0 Å². The molecular formula is C10H16O. The Hall–Kier alpha value is -0.590. The monoisotopic (exact) mass is 152 g/mol. The summed E-state index contributed by atoms with van der Waals surface area (Å²) in [6.45, 7) is 6.60. The van der Waals surface area contributed by atoms with Crippen LogP contribution in [0.25, 0.3) is 0 Å². The number of hydrogen-bond donors (Lipinski definition) is 0. The van der Waals surface area contributed by atoms with Crippen molar-refractivity contribution in [2.75, 3.05) is 0 Å². The molecular weight excluding hydrogens is 136 g/mol. The summed E-state index contributed by atoms with van der Waals surface area (Å²) in [6.07, 6.45) is 4.23. The molecule has 1 aliphatic carbocycles. The third-order valence-electron chi connectivity index (χ3n) is 2.51. The molecule has 0 amide bonds. The highest BCUT2D eigenvalue weighted by molar-refractivity contribution is 5.74. The van der Waals surface area contributed by atoms with Crippen LogP contribution in [0, 0.1) is 5.41 Å². The number of aldehydes is 1. The normalized spacial score (nSPS) is 23.5. The van der Waals surface area contributed by atoms with Gasteiger partial charge >= 0.3 is 0 Å². The van der Waals surface area contributed by atoms with Crippen LogP contribution >= 0.6 is 0 Å². The number of rotatable bonds is 1. The molecule has 0 aromatic heterocycles. The Labute approximate surface area is 68.5 Å². The lowest BCUT2D eigenvalue weighted by Gasteiger charge is -2.30. The summed E-state index contributed by atoms with van der Waals surface area (Å²) in [5.74, 6) is 0. The molecule has 0 atom stereocenters. The van der Waals surface area contributed by atoms with E-state index in [1.54, 1.807) is 0 Å². The van der Waals surface area contributed by atoms with E-state index >= 15 is 0 Å². The van der Waals surface area contributed by atoms with Crippen LogP contribution in [0.15, 0.2) is 11.1 Å². The highest BCUT2D eigenvalue weighted by Gasteiger charge is 2.24. The van der Waals surface area contributed by atoms with Gasteiger partial charge in [-0.3, -0.25) is 4.79 Å². The molecule has 1 heteroatoms. The molecule has 0 N–H and O–H groups in total. The molecule has 0 spiro atoms. The molecule has 0 unspecified atom stereocenters. The Morgan fingerprint density at radius 3 is 2.55 bits per heavy atom. The van der Waals surface area contributed by atoms with Gasteiger partial charge in [0.25, 0.3) is 0 Å². The Morgan fingerprint density at radius 1 is 1.45 bits per heavy atom. The topological polar surface area (TPSA) is 17.1 Å². The van der Waals surface area contributed by atoms with E-state index < -0.39 is 0 Å². The number of hydrogen-bond acceptors (Lipinski definition) is 1. The molecule has 0 heterocycles. The van der Waals surface area contributed by atoms with Crippen molar-refractivity contribution < 1.29 is 4.79 Å². The van der Waals surface area contributed by atoms with E-state index in [0.717, 1.165) is 31.1 Å². The van der Waals surface area contributed by atoms with Crippen LogP contribution < -0.4 is 0 Å². The smallest absolute Gasteiger partial charge is 0.145 e. The van der Waals surface area contributed by atoms with Crippen molar-refractivity contribution in [3.8, 4) is 0 Å². The maximum atomic E-state index is 10.5. The third kappa shape index (κ3) is 1.92. The van der Waals surface area contributed by atoms with Gasteiger partial charge in [0, 0.05) is 0 Å². The first-order valence-corrected chi connectivity index (χ1v) is 4.19. The summed E-state index contributed by atoms with van der Waals surface area (Å²) < 4.78 is 0. The fourth-order valence-electron chi connectivity index (χ4n) is 1.77. The molecule has 0 bridgehead atoms. The fourth-order valence-corrected chi connectivity index (χ4v) is 1.77. The van der Waals surface area contributed by atoms with Crippen molar-refractivity contribution in [1.29, 1.82) is 0 Å². The van der Waals surface area contributed by atoms with Crippen LogP contribution in [-0.2, 0) is 4.79 Å². The summed E-state index contributed by atoms with van der Waals surface area (Å²) in [5, 5.41) is 0. The third-order valence-corrected chi connectivity index (χ3v) is 2.51. The first-order chi connectivity index (χ1) is 5.05. The molecule has 0 fully saturated rings. The molecule has 1 aliphatic rings. The molecule has 1 nitrogen and oxygen atoms in total. The Bertz CT molecular complexity index is 199. The average molecular weight is 152 g/mol. The summed E-state index contributed by atoms with van der Waals surface area (Å²) in [6, 6.07) is 0. The zero-order valence-electron chi connectivity index (χ0n) is 7.61. The minimum atomic E-state index is 0.413. The van der Waals surface area contributed by atoms with Gasteiger partial charge in [0.15, 0.2) is 0 Å². The summed E-state index contributed by atoms with van der Waals surface area (Å²) in [5.41, 5.74) is 2.73. The van der Waals surface area contributed by atoms with Gasteiger partial charge in [0.2, 0.25) is 0 Å². The van der Waals surface area contributed by atoms with Crippen molar-refractivity contribution in [3.63, 3.8) is 0 Å². The van der Waals surface area contributed by atoms with E-state index in [-0.39, 0.29) is 0 Å². The molecule has 0 aromatic carbocycles. The van der Waals surface area contributed by atoms with E-state index in [2.05, 4.69) is 20.8 Å². The summed E-state index contributed by atoms with van der Waals surface area (Å²) >= 11 is 0. The van der Waals surface area contributed by atoms with Gasteiger partial charge in [-0.05, 0) is 37.2 Å². The minimum absolute atomic E-state index is 0.413. The molecule has 1 rings (SSSR count).